The molecule has 1 aromatic carbocycles. The Hall–Kier alpha value is -2.12. The van der Waals surface area contributed by atoms with Crippen molar-refractivity contribution >= 4 is 38.9 Å². The Labute approximate surface area is 151 Å². The van der Waals surface area contributed by atoms with Gasteiger partial charge < -0.3 is 10.2 Å². The molecule has 1 fully saturated rings. The molecule has 0 radical (unpaired) electrons. The van der Waals surface area contributed by atoms with Gasteiger partial charge in [0.1, 0.15) is 5.82 Å². The fraction of sp³-hybridized carbons (Fsp3) is 0.294. The lowest BCUT2D eigenvalue weighted by atomic mass is 10.2. The summed E-state index contributed by atoms with van der Waals surface area (Å²) in [5.74, 6) is 0.456. The zero-order chi connectivity index (χ0) is 18.0. The molecule has 1 aliphatic heterocycles. The van der Waals surface area contributed by atoms with Crippen molar-refractivity contribution in [1.82, 2.24) is 4.98 Å². The number of nitrogens with one attached hydrogen (secondary N) is 1. The highest BCUT2D eigenvalue weighted by atomic mass is 35.5. The number of carbonyl (C=O) groups excluding carboxylic acids is 1. The zero-order valence-corrected chi connectivity index (χ0v) is 15.2. The molecule has 132 valence electrons. The molecule has 1 amide bonds. The summed E-state index contributed by atoms with van der Waals surface area (Å²) < 4.78 is 23.2. The first-order valence-corrected chi connectivity index (χ1v) is 10.0. The molecule has 2 aromatic rings. The molecule has 1 saturated heterocycles. The van der Waals surface area contributed by atoms with Crippen molar-refractivity contribution in [3.8, 4) is 0 Å². The maximum Gasteiger partial charge on any atom is 0.258 e. The van der Waals surface area contributed by atoms with Gasteiger partial charge >= 0.3 is 0 Å². The van der Waals surface area contributed by atoms with Crippen LogP contribution in [0.5, 0.6) is 0 Å². The molecule has 0 aliphatic carbocycles. The molecular weight excluding hydrogens is 362 g/mol. The van der Waals surface area contributed by atoms with Gasteiger partial charge in [-0.25, -0.2) is 13.4 Å². The molecule has 0 spiro atoms. The summed E-state index contributed by atoms with van der Waals surface area (Å²) in [6, 6.07) is 10.2. The van der Waals surface area contributed by atoms with Gasteiger partial charge in [0.25, 0.3) is 5.91 Å². The van der Waals surface area contributed by atoms with Gasteiger partial charge in [-0.2, -0.15) is 0 Å². The highest BCUT2D eigenvalue weighted by Gasteiger charge is 2.30. The third kappa shape index (κ3) is 4.11. The molecule has 1 N–H and O–H groups in total. The Balaban J connectivity index is 1.68. The van der Waals surface area contributed by atoms with Crippen molar-refractivity contribution in [3.05, 3.63) is 53.2 Å². The summed E-state index contributed by atoms with van der Waals surface area (Å²) in [4.78, 5) is 18.4. The van der Waals surface area contributed by atoms with E-state index in [4.69, 9.17) is 11.6 Å². The van der Waals surface area contributed by atoms with E-state index in [1.807, 2.05) is 11.9 Å². The van der Waals surface area contributed by atoms with E-state index in [0.29, 0.717) is 22.8 Å². The van der Waals surface area contributed by atoms with Crippen LogP contribution in [0, 0.1) is 0 Å². The molecule has 8 heteroatoms. The summed E-state index contributed by atoms with van der Waals surface area (Å²) in [5.41, 5.74) is 1.18. The summed E-state index contributed by atoms with van der Waals surface area (Å²) in [6.07, 6.45) is 2.23. The van der Waals surface area contributed by atoms with E-state index in [0.717, 1.165) is 5.69 Å². The molecule has 0 bridgehead atoms. The second kappa shape index (κ2) is 7.01. The third-order valence-electron chi connectivity index (χ3n) is 4.27. The number of rotatable bonds is 4. The first-order chi connectivity index (χ1) is 11.9. The van der Waals surface area contributed by atoms with E-state index in [-0.39, 0.29) is 23.5 Å². The van der Waals surface area contributed by atoms with Crippen molar-refractivity contribution in [3.63, 3.8) is 0 Å². The smallest absolute Gasteiger partial charge is 0.258 e. The second-order valence-electron chi connectivity index (χ2n) is 6.00. The number of anilines is 2. The molecule has 1 unspecified atom stereocenters. The van der Waals surface area contributed by atoms with Crippen LogP contribution < -0.4 is 10.2 Å². The van der Waals surface area contributed by atoms with Crippen LogP contribution in [-0.2, 0) is 9.84 Å². The first kappa shape index (κ1) is 17.7. The SMILES string of the molecule is CN(c1ccc(NC(=O)c2ccccc2Cl)nc1)C1CCS(=O)(=O)C1. The average Bonchev–Trinajstić information content (AvgIpc) is 2.95. The minimum atomic E-state index is -2.94. The highest BCUT2D eigenvalue weighted by molar-refractivity contribution is 7.91. The fourth-order valence-corrected chi connectivity index (χ4v) is 4.79. The van der Waals surface area contributed by atoms with Crippen LogP contribution in [0.15, 0.2) is 42.6 Å². The number of hydrogen-bond acceptors (Lipinski definition) is 5. The first-order valence-electron chi connectivity index (χ1n) is 7.81. The monoisotopic (exact) mass is 379 g/mol. The molecule has 0 saturated carbocycles. The minimum Gasteiger partial charge on any atom is -0.369 e. The van der Waals surface area contributed by atoms with Gasteiger partial charge in [0.05, 0.1) is 34.0 Å². The Morgan fingerprint density at radius 1 is 1.28 bits per heavy atom. The summed E-state index contributed by atoms with van der Waals surface area (Å²) >= 11 is 6.01. The fourth-order valence-electron chi connectivity index (χ4n) is 2.79. The molecule has 25 heavy (non-hydrogen) atoms. The van der Waals surface area contributed by atoms with E-state index in [2.05, 4.69) is 10.3 Å². The average molecular weight is 380 g/mol. The molecule has 2 heterocycles. The molecule has 1 aliphatic rings. The van der Waals surface area contributed by atoms with Crippen molar-refractivity contribution in [2.75, 3.05) is 28.8 Å². The van der Waals surface area contributed by atoms with Crippen molar-refractivity contribution in [1.29, 1.82) is 0 Å². The number of halogens is 1. The Morgan fingerprint density at radius 3 is 2.64 bits per heavy atom. The van der Waals surface area contributed by atoms with Crippen LogP contribution in [0.4, 0.5) is 11.5 Å². The summed E-state index contributed by atoms with van der Waals surface area (Å²) in [7, 11) is -1.09. The van der Waals surface area contributed by atoms with Gasteiger partial charge in [-0.05, 0) is 30.7 Å². The van der Waals surface area contributed by atoms with E-state index in [1.165, 1.54) is 0 Å². The van der Waals surface area contributed by atoms with Crippen molar-refractivity contribution in [2.45, 2.75) is 12.5 Å². The van der Waals surface area contributed by atoms with Crippen LogP contribution in [-0.4, -0.2) is 43.9 Å². The van der Waals surface area contributed by atoms with E-state index >= 15 is 0 Å². The normalized spacial score (nSPS) is 18.7. The molecule has 3 rings (SSSR count). The van der Waals surface area contributed by atoms with Crippen LogP contribution in [0.25, 0.3) is 0 Å². The highest BCUT2D eigenvalue weighted by Crippen LogP contribution is 2.23. The van der Waals surface area contributed by atoms with Crippen LogP contribution in [0.1, 0.15) is 16.8 Å². The van der Waals surface area contributed by atoms with Gasteiger partial charge in [-0.3, -0.25) is 4.79 Å². The number of amides is 1. The van der Waals surface area contributed by atoms with Crippen molar-refractivity contribution in [2.24, 2.45) is 0 Å². The largest absolute Gasteiger partial charge is 0.369 e. The van der Waals surface area contributed by atoms with Crippen LogP contribution in [0.3, 0.4) is 0 Å². The number of sulfone groups is 1. The lowest BCUT2D eigenvalue weighted by Gasteiger charge is -2.25. The van der Waals surface area contributed by atoms with E-state index in [9.17, 15) is 13.2 Å². The topological polar surface area (TPSA) is 79.4 Å². The van der Waals surface area contributed by atoms with Gasteiger partial charge in [0.2, 0.25) is 0 Å². The number of nitrogens with zero attached hydrogens (tertiary/aromatic N) is 2. The maximum absolute atomic E-state index is 12.2. The second-order valence-corrected chi connectivity index (χ2v) is 8.64. The predicted octanol–water partition coefficient (Wildman–Crippen LogP) is 2.61. The van der Waals surface area contributed by atoms with Gasteiger partial charge in [-0.1, -0.05) is 23.7 Å². The Morgan fingerprint density at radius 2 is 2.04 bits per heavy atom. The predicted molar refractivity (Wildman–Crippen MR) is 99.1 cm³/mol. The van der Waals surface area contributed by atoms with Crippen molar-refractivity contribution < 1.29 is 13.2 Å². The quantitative estimate of drug-likeness (QED) is 0.883. The number of carbonyl (C=O) groups is 1. The minimum absolute atomic E-state index is 0.0460. The molecule has 1 atom stereocenters. The number of hydrogen-bond donors (Lipinski definition) is 1. The van der Waals surface area contributed by atoms with Crippen LogP contribution >= 0.6 is 11.6 Å². The van der Waals surface area contributed by atoms with Gasteiger partial charge in [-0.15, -0.1) is 0 Å². The third-order valence-corrected chi connectivity index (χ3v) is 6.35. The van der Waals surface area contributed by atoms with E-state index < -0.39 is 9.84 Å². The Kier molecular flexibility index (Phi) is 4.96. The number of pyridine rings is 1. The number of benzene rings is 1. The Bertz CT molecular complexity index is 884. The summed E-state index contributed by atoms with van der Waals surface area (Å²) in [5, 5.41) is 3.07. The zero-order valence-electron chi connectivity index (χ0n) is 13.6. The lowest BCUT2D eigenvalue weighted by molar-refractivity contribution is 0.102. The lowest BCUT2D eigenvalue weighted by Crippen LogP contribution is -2.32. The van der Waals surface area contributed by atoms with Crippen LogP contribution in [0.2, 0.25) is 5.02 Å². The summed E-state index contributed by atoms with van der Waals surface area (Å²) in [6.45, 7) is 0. The standard InChI is InChI=1S/C17H18ClN3O3S/c1-21(13-8-9-25(23,24)11-13)12-6-7-16(19-10-12)20-17(22)14-4-2-3-5-15(14)18/h2-7,10,13H,8-9,11H2,1H3,(H,19,20,22). The molecule has 1 aromatic heterocycles. The number of aromatic nitrogens is 1. The van der Waals surface area contributed by atoms with Gasteiger partial charge in [0, 0.05) is 13.1 Å². The van der Waals surface area contributed by atoms with Gasteiger partial charge in [0.15, 0.2) is 9.84 Å². The molecular formula is C17H18ClN3O3S. The van der Waals surface area contributed by atoms with E-state index in [1.54, 1.807) is 42.6 Å². The molecule has 6 nitrogen and oxygen atoms in total. The maximum atomic E-state index is 12.2.